The molecule has 2 nitrogen and oxygen atoms in total. The minimum Gasteiger partial charge on any atom is -0.497 e. The van der Waals surface area contributed by atoms with E-state index in [2.05, 4.69) is 15.9 Å². The molecule has 0 saturated carbocycles. The first-order chi connectivity index (χ1) is 7.34. The van der Waals surface area contributed by atoms with Crippen LogP contribution < -0.4 is 10.5 Å². The molecule has 1 aromatic rings. The Morgan fingerprint density at radius 3 is 2.56 bits per heavy atom. The Morgan fingerprint density at radius 1 is 1.44 bits per heavy atom. The van der Waals surface area contributed by atoms with Crippen molar-refractivity contribution in [2.45, 2.75) is 18.6 Å². The number of methoxy groups -OCH3 is 1. The van der Waals surface area contributed by atoms with Crippen LogP contribution in [0.2, 0.25) is 0 Å². The number of alkyl halides is 3. The third kappa shape index (κ3) is 3.38. The first-order valence-corrected chi connectivity index (χ1v) is 5.28. The summed E-state index contributed by atoms with van der Waals surface area (Å²) in [6.45, 7) is 0. The van der Waals surface area contributed by atoms with Crippen molar-refractivity contribution in [3.63, 3.8) is 0 Å². The maximum Gasteiger partial charge on any atom is 0.403 e. The summed E-state index contributed by atoms with van der Waals surface area (Å²) in [6, 6.07) is 2.97. The van der Waals surface area contributed by atoms with Crippen LogP contribution in [0.3, 0.4) is 0 Å². The van der Waals surface area contributed by atoms with Gasteiger partial charge in [-0.3, -0.25) is 0 Å². The molecular formula is C10H11BrF3NO. The molecule has 0 fully saturated rings. The van der Waals surface area contributed by atoms with Gasteiger partial charge in [0, 0.05) is 4.47 Å². The van der Waals surface area contributed by atoms with E-state index in [1.807, 2.05) is 0 Å². The lowest BCUT2D eigenvalue weighted by Gasteiger charge is -2.16. The average molecular weight is 298 g/mol. The van der Waals surface area contributed by atoms with Crippen LogP contribution in [0.4, 0.5) is 13.2 Å². The molecule has 0 aromatic heterocycles. The highest BCUT2D eigenvalue weighted by Crippen LogP contribution is 2.27. The highest BCUT2D eigenvalue weighted by Gasteiger charge is 2.36. The van der Waals surface area contributed by atoms with Crippen LogP contribution in [-0.4, -0.2) is 19.3 Å². The fourth-order valence-corrected chi connectivity index (χ4v) is 1.60. The van der Waals surface area contributed by atoms with Crippen LogP contribution in [0.1, 0.15) is 5.56 Å². The Labute approximate surface area is 99.7 Å². The zero-order valence-corrected chi connectivity index (χ0v) is 10.1. The number of rotatable bonds is 3. The van der Waals surface area contributed by atoms with Gasteiger partial charge in [-0.25, -0.2) is 0 Å². The predicted molar refractivity (Wildman–Crippen MR) is 58.4 cm³/mol. The molecule has 16 heavy (non-hydrogen) atoms. The Balaban J connectivity index is 2.88. The van der Waals surface area contributed by atoms with Gasteiger partial charge in [-0.2, -0.15) is 13.2 Å². The maximum atomic E-state index is 12.3. The summed E-state index contributed by atoms with van der Waals surface area (Å²) in [4.78, 5) is 0. The second kappa shape index (κ2) is 5.05. The fourth-order valence-electron chi connectivity index (χ4n) is 1.19. The summed E-state index contributed by atoms with van der Waals surface area (Å²) in [7, 11) is 1.46. The topological polar surface area (TPSA) is 35.2 Å². The SMILES string of the molecule is COc1ccc(Br)c(CC(N)C(F)(F)F)c1. The first-order valence-electron chi connectivity index (χ1n) is 4.49. The maximum absolute atomic E-state index is 12.3. The molecule has 0 radical (unpaired) electrons. The van der Waals surface area contributed by atoms with E-state index in [1.54, 1.807) is 12.1 Å². The van der Waals surface area contributed by atoms with Crippen molar-refractivity contribution < 1.29 is 17.9 Å². The molecule has 1 unspecified atom stereocenters. The van der Waals surface area contributed by atoms with Crippen molar-refractivity contribution in [3.05, 3.63) is 28.2 Å². The van der Waals surface area contributed by atoms with Crippen LogP contribution in [0.15, 0.2) is 22.7 Å². The van der Waals surface area contributed by atoms with Crippen LogP contribution in [-0.2, 0) is 6.42 Å². The largest absolute Gasteiger partial charge is 0.497 e. The first kappa shape index (κ1) is 13.3. The standard InChI is InChI=1S/C10H11BrF3NO/c1-16-7-2-3-8(11)6(4-7)5-9(15)10(12,13)14/h2-4,9H,5,15H2,1H3. The van der Waals surface area contributed by atoms with Gasteiger partial charge >= 0.3 is 6.18 Å². The summed E-state index contributed by atoms with van der Waals surface area (Å²) < 4.78 is 42.4. The zero-order valence-electron chi connectivity index (χ0n) is 8.51. The van der Waals surface area contributed by atoms with Gasteiger partial charge in [0.25, 0.3) is 0 Å². The van der Waals surface area contributed by atoms with Gasteiger partial charge in [0.2, 0.25) is 0 Å². The fraction of sp³-hybridized carbons (Fsp3) is 0.400. The summed E-state index contributed by atoms with van der Waals surface area (Å²) in [6.07, 6.45) is -4.66. The zero-order chi connectivity index (χ0) is 12.3. The number of benzene rings is 1. The third-order valence-electron chi connectivity index (χ3n) is 2.11. The van der Waals surface area contributed by atoms with Crippen molar-refractivity contribution in [3.8, 4) is 5.75 Å². The molecule has 1 aromatic carbocycles. The lowest BCUT2D eigenvalue weighted by Crippen LogP contribution is -2.39. The van der Waals surface area contributed by atoms with E-state index in [9.17, 15) is 13.2 Å². The Kier molecular flexibility index (Phi) is 4.21. The molecule has 1 rings (SSSR count). The van der Waals surface area contributed by atoms with E-state index in [4.69, 9.17) is 10.5 Å². The Hall–Kier alpha value is -0.750. The van der Waals surface area contributed by atoms with Crippen molar-refractivity contribution in [2.24, 2.45) is 5.73 Å². The third-order valence-corrected chi connectivity index (χ3v) is 2.89. The minimum atomic E-state index is -4.39. The van der Waals surface area contributed by atoms with Gasteiger partial charge in [0.05, 0.1) is 7.11 Å². The smallest absolute Gasteiger partial charge is 0.403 e. The van der Waals surface area contributed by atoms with Crippen molar-refractivity contribution in [1.82, 2.24) is 0 Å². The molecule has 0 heterocycles. The van der Waals surface area contributed by atoms with Gasteiger partial charge in [-0.1, -0.05) is 15.9 Å². The molecule has 0 aliphatic heterocycles. The second-order valence-electron chi connectivity index (χ2n) is 3.31. The van der Waals surface area contributed by atoms with E-state index in [-0.39, 0.29) is 6.42 Å². The van der Waals surface area contributed by atoms with E-state index in [0.717, 1.165) is 0 Å². The number of hydrogen-bond acceptors (Lipinski definition) is 2. The van der Waals surface area contributed by atoms with Gasteiger partial charge < -0.3 is 10.5 Å². The van der Waals surface area contributed by atoms with Crippen molar-refractivity contribution in [2.75, 3.05) is 7.11 Å². The highest BCUT2D eigenvalue weighted by molar-refractivity contribution is 9.10. The molecule has 1 atom stereocenters. The normalized spacial score (nSPS) is 13.6. The molecule has 0 bridgehead atoms. The second-order valence-corrected chi connectivity index (χ2v) is 4.16. The number of nitrogens with two attached hydrogens (primary N) is 1. The summed E-state index contributed by atoms with van der Waals surface area (Å²) in [5.74, 6) is 0.507. The number of ether oxygens (including phenoxy) is 1. The monoisotopic (exact) mass is 297 g/mol. The van der Waals surface area contributed by atoms with Gasteiger partial charge in [-0.15, -0.1) is 0 Å². The van der Waals surface area contributed by atoms with Crippen molar-refractivity contribution in [1.29, 1.82) is 0 Å². The van der Waals surface area contributed by atoms with E-state index < -0.39 is 12.2 Å². The molecule has 6 heteroatoms. The van der Waals surface area contributed by atoms with Crippen molar-refractivity contribution >= 4 is 15.9 Å². The summed E-state index contributed by atoms with van der Waals surface area (Å²) in [5.41, 5.74) is 5.53. The molecular weight excluding hydrogens is 287 g/mol. The summed E-state index contributed by atoms with van der Waals surface area (Å²) in [5, 5.41) is 0. The van der Waals surface area contributed by atoms with Crippen LogP contribution in [0.5, 0.6) is 5.75 Å². The quantitative estimate of drug-likeness (QED) is 0.931. The molecule has 0 amide bonds. The molecule has 2 N–H and O–H groups in total. The number of hydrogen-bond donors (Lipinski definition) is 1. The minimum absolute atomic E-state index is 0.277. The molecule has 0 aliphatic carbocycles. The average Bonchev–Trinajstić information content (AvgIpc) is 2.19. The lowest BCUT2D eigenvalue weighted by molar-refractivity contribution is -0.147. The predicted octanol–water partition coefficient (Wildman–Crippen LogP) is 2.89. The molecule has 90 valence electrons. The molecule has 0 aliphatic rings. The van der Waals surface area contributed by atoms with Crippen LogP contribution in [0.25, 0.3) is 0 Å². The van der Waals surface area contributed by atoms with Crippen LogP contribution in [0, 0.1) is 0 Å². The highest BCUT2D eigenvalue weighted by atomic mass is 79.9. The van der Waals surface area contributed by atoms with Gasteiger partial charge in [0.15, 0.2) is 0 Å². The lowest BCUT2D eigenvalue weighted by atomic mass is 10.1. The Morgan fingerprint density at radius 2 is 2.06 bits per heavy atom. The van der Waals surface area contributed by atoms with E-state index in [0.29, 0.717) is 15.8 Å². The van der Waals surface area contributed by atoms with Crippen LogP contribution >= 0.6 is 15.9 Å². The van der Waals surface area contributed by atoms with Gasteiger partial charge in [0.1, 0.15) is 11.8 Å². The van der Waals surface area contributed by atoms with E-state index in [1.165, 1.54) is 13.2 Å². The molecule has 0 spiro atoms. The molecule has 0 saturated heterocycles. The van der Waals surface area contributed by atoms with E-state index >= 15 is 0 Å². The number of halogens is 4. The van der Waals surface area contributed by atoms with Gasteiger partial charge in [-0.05, 0) is 30.2 Å². The Bertz CT molecular complexity index is 368. The summed E-state index contributed by atoms with van der Waals surface area (Å²) >= 11 is 3.18.